The minimum absolute atomic E-state index is 0.0232. The van der Waals surface area contributed by atoms with Gasteiger partial charge in [-0.1, -0.05) is 0 Å². The monoisotopic (exact) mass is 357 g/mol. The number of methoxy groups -OCH3 is 1. The molecule has 0 atom stereocenters. The molecule has 0 spiro atoms. The van der Waals surface area contributed by atoms with Crippen LogP contribution in [0.3, 0.4) is 0 Å². The van der Waals surface area contributed by atoms with Crippen molar-refractivity contribution in [1.82, 2.24) is 10.2 Å². The topological polar surface area (TPSA) is 82.5 Å². The van der Waals surface area contributed by atoms with E-state index in [-0.39, 0.29) is 18.1 Å². The van der Waals surface area contributed by atoms with Crippen molar-refractivity contribution in [3.8, 4) is 17.4 Å². The zero-order valence-electron chi connectivity index (χ0n) is 14.2. The van der Waals surface area contributed by atoms with E-state index in [4.69, 9.17) is 9.26 Å². The average Bonchev–Trinajstić information content (AvgIpc) is 3.02. The van der Waals surface area contributed by atoms with Crippen LogP contribution in [0.15, 0.2) is 53.1 Å². The van der Waals surface area contributed by atoms with E-state index < -0.39 is 11.8 Å². The largest absolute Gasteiger partial charge is 0.539 e. The lowest BCUT2D eigenvalue weighted by Crippen LogP contribution is -2.40. The molecule has 0 fully saturated rings. The molecule has 3 rings (SSSR count). The van der Waals surface area contributed by atoms with E-state index in [9.17, 15) is 14.3 Å². The zero-order chi connectivity index (χ0) is 18.7. The van der Waals surface area contributed by atoms with Gasteiger partial charge in [0.05, 0.1) is 12.4 Å². The molecule has 0 bridgehead atoms. The fraction of sp³-hybridized carbons (Fsp3) is 0.167. The molecule has 1 amide bonds. The molecule has 0 saturated heterocycles. The summed E-state index contributed by atoms with van der Waals surface area (Å²) in [5.41, 5.74) is 1.09. The number of aromatic nitrogens is 2. The summed E-state index contributed by atoms with van der Waals surface area (Å²) in [6.07, 6.45) is 0. The van der Waals surface area contributed by atoms with E-state index in [1.165, 1.54) is 40.9 Å². The Balaban J connectivity index is 1.84. The molecule has 0 aliphatic rings. The van der Waals surface area contributed by atoms with E-state index in [2.05, 4.69) is 5.27 Å². The van der Waals surface area contributed by atoms with Gasteiger partial charge in [0, 0.05) is 24.7 Å². The lowest BCUT2D eigenvalue weighted by molar-refractivity contribution is -0.678. The molecule has 0 radical (unpaired) electrons. The van der Waals surface area contributed by atoms with E-state index in [0.717, 1.165) is 0 Å². The molecule has 1 aromatic heterocycles. The first-order chi connectivity index (χ1) is 12.5. The van der Waals surface area contributed by atoms with Gasteiger partial charge in [0.15, 0.2) is 5.95 Å². The summed E-state index contributed by atoms with van der Waals surface area (Å²) in [6.45, 7) is -0.0232. The maximum absolute atomic E-state index is 13.0. The van der Waals surface area contributed by atoms with Crippen LogP contribution in [-0.2, 0) is 6.54 Å². The second-order valence-electron chi connectivity index (χ2n) is 5.59. The van der Waals surface area contributed by atoms with Crippen molar-refractivity contribution >= 4 is 5.91 Å². The second-order valence-corrected chi connectivity index (χ2v) is 5.59. The third-order valence-corrected chi connectivity index (χ3v) is 3.84. The maximum atomic E-state index is 13.0. The predicted octanol–water partition coefficient (Wildman–Crippen LogP) is 1.44. The molecule has 1 heterocycles. The lowest BCUT2D eigenvalue weighted by Gasteiger charge is -2.15. The Kier molecular flexibility index (Phi) is 4.83. The normalized spacial score (nSPS) is 10.6. The Bertz CT molecular complexity index is 907. The van der Waals surface area contributed by atoms with Gasteiger partial charge >= 0.3 is 0 Å². The Morgan fingerprint density at radius 3 is 2.50 bits per heavy atom. The molecule has 0 N–H and O–H groups in total. The van der Waals surface area contributed by atoms with Gasteiger partial charge < -0.3 is 19.3 Å². The van der Waals surface area contributed by atoms with Crippen molar-refractivity contribution in [2.24, 2.45) is 0 Å². The first-order valence-corrected chi connectivity index (χ1v) is 7.73. The Hall–Kier alpha value is -3.42. The first-order valence-electron chi connectivity index (χ1n) is 7.73. The minimum atomic E-state index is -0.639. The standard InChI is InChI=1S/C18H16FN3O4/c1-21(17(23)12-3-5-13(19)6-4-12)11-16-18(24)26-20-22(16)14-7-9-15(25-2)10-8-14/h3-10H,11H2,1-2H3. The fourth-order valence-corrected chi connectivity index (χ4v) is 2.43. The molecule has 3 aromatic rings. The van der Waals surface area contributed by atoms with Crippen molar-refractivity contribution in [3.63, 3.8) is 0 Å². The van der Waals surface area contributed by atoms with Crippen molar-refractivity contribution in [1.29, 1.82) is 0 Å². The van der Waals surface area contributed by atoms with Gasteiger partial charge in [-0.3, -0.25) is 4.79 Å². The maximum Gasteiger partial charge on any atom is 0.259 e. The Morgan fingerprint density at radius 2 is 1.88 bits per heavy atom. The Morgan fingerprint density at radius 1 is 1.23 bits per heavy atom. The van der Waals surface area contributed by atoms with Gasteiger partial charge in [-0.15, -0.1) is 0 Å². The highest BCUT2D eigenvalue weighted by molar-refractivity contribution is 5.93. The minimum Gasteiger partial charge on any atom is -0.539 e. The van der Waals surface area contributed by atoms with Crippen LogP contribution in [0.4, 0.5) is 4.39 Å². The van der Waals surface area contributed by atoms with Crippen molar-refractivity contribution in [2.45, 2.75) is 6.54 Å². The number of carbonyl (C=O) groups is 1. The number of hydrogen-bond acceptors (Lipinski definition) is 5. The summed E-state index contributed by atoms with van der Waals surface area (Å²) in [6, 6.07) is 12.1. The lowest BCUT2D eigenvalue weighted by atomic mass is 10.2. The van der Waals surface area contributed by atoms with E-state index >= 15 is 0 Å². The van der Waals surface area contributed by atoms with Crippen LogP contribution in [0, 0.1) is 5.82 Å². The van der Waals surface area contributed by atoms with Gasteiger partial charge in [-0.25, -0.2) is 4.39 Å². The molecular weight excluding hydrogens is 341 g/mol. The molecule has 26 heavy (non-hydrogen) atoms. The number of amides is 1. The van der Waals surface area contributed by atoms with E-state index in [0.29, 0.717) is 17.0 Å². The van der Waals surface area contributed by atoms with Gasteiger partial charge in [0.25, 0.3) is 11.6 Å². The van der Waals surface area contributed by atoms with Crippen LogP contribution in [0.5, 0.6) is 11.7 Å². The third-order valence-electron chi connectivity index (χ3n) is 3.84. The van der Waals surface area contributed by atoms with Crippen molar-refractivity contribution in [3.05, 3.63) is 65.6 Å². The molecule has 7 nitrogen and oxygen atoms in total. The van der Waals surface area contributed by atoms with Gasteiger partial charge in [0.1, 0.15) is 18.1 Å². The van der Waals surface area contributed by atoms with Crippen molar-refractivity contribution in [2.75, 3.05) is 14.2 Å². The van der Waals surface area contributed by atoms with Crippen LogP contribution in [0.1, 0.15) is 16.1 Å². The highest BCUT2D eigenvalue weighted by Gasteiger charge is 2.24. The number of ether oxygens (including phenoxy) is 1. The van der Waals surface area contributed by atoms with E-state index in [1.807, 2.05) is 0 Å². The summed E-state index contributed by atoms with van der Waals surface area (Å²) in [7, 11) is 3.09. The number of hydrogen-bond donors (Lipinski definition) is 0. The summed E-state index contributed by atoms with van der Waals surface area (Å²) < 4.78 is 24.2. The number of carbonyl (C=O) groups excluding carboxylic acids is 1. The fourth-order valence-electron chi connectivity index (χ4n) is 2.43. The number of halogens is 1. The number of benzene rings is 2. The van der Waals surface area contributed by atoms with Gasteiger partial charge in [0.2, 0.25) is 5.69 Å². The SMILES string of the molecule is COc1ccc(-[n+]2noc([O-])c2CN(C)C(=O)c2ccc(F)cc2)cc1. The second kappa shape index (κ2) is 7.22. The van der Waals surface area contributed by atoms with Crippen LogP contribution in [-0.4, -0.2) is 30.2 Å². The zero-order valence-corrected chi connectivity index (χ0v) is 14.2. The summed E-state index contributed by atoms with van der Waals surface area (Å²) >= 11 is 0. The molecule has 0 saturated carbocycles. The quantitative estimate of drug-likeness (QED) is 0.646. The highest BCUT2D eigenvalue weighted by Crippen LogP contribution is 2.16. The van der Waals surface area contributed by atoms with E-state index in [1.54, 1.807) is 31.4 Å². The molecular formula is C18H16FN3O4. The summed E-state index contributed by atoms with van der Waals surface area (Å²) in [5.74, 6) is -0.765. The molecule has 134 valence electrons. The smallest absolute Gasteiger partial charge is 0.259 e. The van der Waals surface area contributed by atoms with Crippen LogP contribution in [0.2, 0.25) is 0 Å². The molecule has 0 aliphatic heterocycles. The molecule has 0 unspecified atom stereocenters. The number of rotatable bonds is 5. The summed E-state index contributed by atoms with van der Waals surface area (Å²) in [5, 5.41) is 15.8. The van der Waals surface area contributed by atoms with Crippen LogP contribution >= 0.6 is 0 Å². The highest BCUT2D eigenvalue weighted by atomic mass is 19.1. The van der Waals surface area contributed by atoms with Gasteiger partial charge in [-0.05, 0) is 41.1 Å². The molecule has 2 aromatic carbocycles. The van der Waals surface area contributed by atoms with Crippen LogP contribution in [0.25, 0.3) is 5.69 Å². The third kappa shape index (κ3) is 3.49. The molecule has 8 heteroatoms. The average molecular weight is 357 g/mol. The molecule has 0 aliphatic carbocycles. The first kappa shape index (κ1) is 17.4. The van der Waals surface area contributed by atoms with Gasteiger partial charge in [-0.2, -0.15) is 0 Å². The van der Waals surface area contributed by atoms with Crippen LogP contribution < -0.4 is 14.5 Å². The summed E-state index contributed by atoms with van der Waals surface area (Å²) in [4.78, 5) is 13.8. The number of nitrogens with zero attached hydrogens (tertiary/aromatic N) is 3. The predicted molar refractivity (Wildman–Crippen MR) is 86.2 cm³/mol. The van der Waals surface area contributed by atoms with Crippen molar-refractivity contribution < 1.29 is 28.2 Å². The Labute approximate surface area is 148 Å².